The third-order valence-corrected chi connectivity index (χ3v) is 2.66. The van der Waals surface area contributed by atoms with E-state index in [1.807, 2.05) is 24.3 Å². The molecular weight excluding hydrogens is 226 g/mol. The van der Waals surface area contributed by atoms with Crippen LogP contribution in [0.5, 0.6) is 5.75 Å². The Morgan fingerprint density at radius 3 is 2.78 bits per heavy atom. The summed E-state index contributed by atoms with van der Waals surface area (Å²) in [6.07, 6.45) is 1.21. The van der Waals surface area contributed by atoms with Crippen LogP contribution in [0.25, 0.3) is 0 Å². The maximum atomic E-state index is 5.68. The highest BCUT2D eigenvalue weighted by Crippen LogP contribution is 2.13. The molecule has 3 heteroatoms. The zero-order valence-corrected chi connectivity index (χ0v) is 11.7. The van der Waals surface area contributed by atoms with Crippen LogP contribution in [0, 0.1) is 5.92 Å². The first kappa shape index (κ1) is 15.0. The zero-order chi connectivity index (χ0) is 13.2. The van der Waals surface area contributed by atoms with Gasteiger partial charge in [-0.25, -0.2) is 0 Å². The lowest BCUT2D eigenvalue weighted by Crippen LogP contribution is -2.23. The molecule has 0 amide bonds. The minimum atomic E-state index is 0.629. The lowest BCUT2D eigenvalue weighted by atomic mass is 10.1. The topological polar surface area (TPSA) is 30.5 Å². The highest BCUT2D eigenvalue weighted by molar-refractivity contribution is 5.28. The first-order chi connectivity index (χ1) is 8.72. The van der Waals surface area contributed by atoms with Gasteiger partial charge in [-0.05, 0) is 36.6 Å². The zero-order valence-electron chi connectivity index (χ0n) is 11.7. The predicted octanol–water partition coefficient (Wildman–Crippen LogP) is 2.85. The minimum Gasteiger partial charge on any atom is -0.492 e. The molecule has 0 atom stereocenters. The SMILES string of the molecule is COCc1cccc(OCCNCCC(C)C)c1. The summed E-state index contributed by atoms with van der Waals surface area (Å²) in [6, 6.07) is 8.04. The van der Waals surface area contributed by atoms with Crippen LogP contribution in [0.1, 0.15) is 25.8 Å². The van der Waals surface area contributed by atoms with Crippen LogP contribution in [0.3, 0.4) is 0 Å². The fourth-order valence-corrected chi connectivity index (χ4v) is 1.65. The van der Waals surface area contributed by atoms with Gasteiger partial charge in [0.25, 0.3) is 0 Å². The molecule has 3 nitrogen and oxygen atoms in total. The van der Waals surface area contributed by atoms with E-state index in [9.17, 15) is 0 Å². The van der Waals surface area contributed by atoms with E-state index in [-0.39, 0.29) is 0 Å². The molecule has 0 radical (unpaired) electrons. The normalized spacial score (nSPS) is 10.9. The Morgan fingerprint density at radius 2 is 2.06 bits per heavy atom. The maximum absolute atomic E-state index is 5.68. The fraction of sp³-hybridized carbons (Fsp3) is 0.600. The molecule has 18 heavy (non-hydrogen) atoms. The van der Waals surface area contributed by atoms with E-state index in [2.05, 4.69) is 19.2 Å². The van der Waals surface area contributed by atoms with E-state index >= 15 is 0 Å². The van der Waals surface area contributed by atoms with Gasteiger partial charge in [0.05, 0.1) is 6.61 Å². The molecule has 0 heterocycles. The van der Waals surface area contributed by atoms with E-state index in [0.717, 1.165) is 30.3 Å². The first-order valence-corrected chi connectivity index (χ1v) is 6.63. The second-order valence-electron chi connectivity index (χ2n) is 4.86. The van der Waals surface area contributed by atoms with Crippen LogP contribution in [0.4, 0.5) is 0 Å². The molecule has 0 saturated carbocycles. The van der Waals surface area contributed by atoms with Crippen LogP contribution in [0.2, 0.25) is 0 Å². The Kier molecular flexibility index (Phi) is 7.46. The summed E-state index contributed by atoms with van der Waals surface area (Å²) in [5.74, 6) is 1.67. The summed E-state index contributed by atoms with van der Waals surface area (Å²) in [7, 11) is 1.70. The van der Waals surface area contributed by atoms with E-state index in [1.165, 1.54) is 6.42 Å². The summed E-state index contributed by atoms with van der Waals surface area (Å²) in [4.78, 5) is 0. The Labute approximate surface area is 110 Å². The van der Waals surface area contributed by atoms with Crippen molar-refractivity contribution in [3.05, 3.63) is 29.8 Å². The number of nitrogens with one attached hydrogen (secondary N) is 1. The lowest BCUT2D eigenvalue weighted by molar-refractivity contribution is 0.184. The van der Waals surface area contributed by atoms with Crippen LogP contribution >= 0.6 is 0 Å². The van der Waals surface area contributed by atoms with Crippen LogP contribution in [0.15, 0.2) is 24.3 Å². The third kappa shape index (κ3) is 6.62. The molecule has 1 rings (SSSR count). The Balaban J connectivity index is 2.16. The van der Waals surface area contributed by atoms with Gasteiger partial charge in [-0.1, -0.05) is 26.0 Å². The Bertz CT molecular complexity index is 326. The van der Waals surface area contributed by atoms with E-state index in [1.54, 1.807) is 7.11 Å². The van der Waals surface area contributed by atoms with Crippen LogP contribution in [-0.4, -0.2) is 26.8 Å². The second-order valence-corrected chi connectivity index (χ2v) is 4.86. The van der Waals surface area contributed by atoms with E-state index < -0.39 is 0 Å². The average molecular weight is 251 g/mol. The molecule has 0 aromatic heterocycles. The quantitative estimate of drug-likeness (QED) is 0.685. The molecule has 0 aliphatic rings. The number of hydrogen-bond donors (Lipinski definition) is 1. The van der Waals surface area contributed by atoms with E-state index in [4.69, 9.17) is 9.47 Å². The van der Waals surface area contributed by atoms with Crippen molar-refractivity contribution in [3.8, 4) is 5.75 Å². The highest BCUT2D eigenvalue weighted by atomic mass is 16.5. The van der Waals surface area contributed by atoms with Crippen LogP contribution < -0.4 is 10.1 Å². The van der Waals surface area contributed by atoms with Crippen molar-refractivity contribution in [2.45, 2.75) is 26.9 Å². The van der Waals surface area contributed by atoms with Crippen LogP contribution in [-0.2, 0) is 11.3 Å². The summed E-state index contributed by atoms with van der Waals surface area (Å²) < 4.78 is 10.8. The Hall–Kier alpha value is -1.06. The first-order valence-electron chi connectivity index (χ1n) is 6.63. The lowest BCUT2D eigenvalue weighted by Gasteiger charge is -2.09. The van der Waals surface area contributed by atoms with Crippen molar-refractivity contribution in [3.63, 3.8) is 0 Å². The summed E-state index contributed by atoms with van der Waals surface area (Å²) in [5, 5.41) is 3.38. The Morgan fingerprint density at radius 1 is 1.22 bits per heavy atom. The molecule has 0 saturated heterocycles. The predicted molar refractivity (Wildman–Crippen MR) is 75.0 cm³/mol. The molecule has 1 aromatic carbocycles. The largest absolute Gasteiger partial charge is 0.492 e. The fourth-order valence-electron chi connectivity index (χ4n) is 1.65. The second kappa shape index (κ2) is 8.95. The van der Waals surface area contributed by atoms with Crippen molar-refractivity contribution in [2.24, 2.45) is 5.92 Å². The molecule has 0 spiro atoms. The number of hydrogen-bond acceptors (Lipinski definition) is 3. The van der Waals surface area contributed by atoms with Gasteiger partial charge in [0.2, 0.25) is 0 Å². The summed E-state index contributed by atoms with van der Waals surface area (Å²) in [5.41, 5.74) is 1.14. The number of methoxy groups -OCH3 is 1. The average Bonchev–Trinajstić information content (AvgIpc) is 2.34. The van der Waals surface area contributed by atoms with Gasteiger partial charge < -0.3 is 14.8 Å². The number of ether oxygens (including phenoxy) is 2. The highest BCUT2D eigenvalue weighted by Gasteiger charge is 1.97. The molecule has 0 bridgehead atoms. The minimum absolute atomic E-state index is 0.629. The van der Waals surface area contributed by atoms with Gasteiger partial charge >= 0.3 is 0 Å². The van der Waals surface area contributed by atoms with E-state index in [0.29, 0.717) is 13.2 Å². The molecule has 0 fully saturated rings. The molecule has 0 aliphatic heterocycles. The van der Waals surface area contributed by atoms with Gasteiger partial charge in [0.1, 0.15) is 12.4 Å². The molecular formula is C15H25NO2. The standard InChI is InChI=1S/C15H25NO2/c1-13(2)7-8-16-9-10-18-15-6-4-5-14(11-15)12-17-3/h4-6,11,13,16H,7-10,12H2,1-3H3. The summed E-state index contributed by atoms with van der Waals surface area (Å²) >= 11 is 0. The van der Waals surface area contributed by atoms with Crippen molar-refractivity contribution in [1.29, 1.82) is 0 Å². The van der Waals surface area contributed by atoms with Gasteiger partial charge in [0, 0.05) is 13.7 Å². The van der Waals surface area contributed by atoms with Crippen molar-refractivity contribution in [2.75, 3.05) is 26.8 Å². The third-order valence-electron chi connectivity index (χ3n) is 2.66. The summed E-state index contributed by atoms with van der Waals surface area (Å²) in [6.45, 7) is 7.75. The molecule has 1 aromatic rings. The van der Waals surface area contributed by atoms with Gasteiger partial charge in [-0.15, -0.1) is 0 Å². The smallest absolute Gasteiger partial charge is 0.119 e. The van der Waals surface area contributed by atoms with Crippen molar-refractivity contribution in [1.82, 2.24) is 5.32 Å². The monoisotopic (exact) mass is 251 g/mol. The van der Waals surface area contributed by atoms with Gasteiger partial charge in [0.15, 0.2) is 0 Å². The molecule has 1 N–H and O–H groups in total. The number of benzene rings is 1. The van der Waals surface area contributed by atoms with Crippen molar-refractivity contribution >= 4 is 0 Å². The number of rotatable bonds is 9. The van der Waals surface area contributed by atoms with Gasteiger partial charge in [-0.3, -0.25) is 0 Å². The maximum Gasteiger partial charge on any atom is 0.119 e. The molecule has 0 unspecified atom stereocenters. The molecule has 102 valence electrons. The van der Waals surface area contributed by atoms with Crippen molar-refractivity contribution < 1.29 is 9.47 Å². The van der Waals surface area contributed by atoms with Gasteiger partial charge in [-0.2, -0.15) is 0 Å². The molecule has 0 aliphatic carbocycles.